The van der Waals surface area contributed by atoms with Gasteiger partial charge in [-0.05, 0) is 6.92 Å². The molecular formula is C11H17N3O5S2. The Hall–Kier alpha value is -1.52. The molecule has 1 amide bonds. The number of sulfonamides is 1. The first kappa shape index (κ1) is 17.5. The van der Waals surface area contributed by atoms with Crippen LogP contribution in [0.15, 0.2) is 9.72 Å². The highest BCUT2D eigenvalue weighted by atomic mass is 32.2. The maximum Gasteiger partial charge on any atom is 0.358 e. The van der Waals surface area contributed by atoms with Crippen molar-refractivity contribution in [2.45, 2.75) is 18.1 Å². The summed E-state index contributed by atoms with van der Waals surface area (Å²) in [5.74, 6) is -1.24. The molecule has 21 heavy (non-hydrogen) atoms. The number of ether oxygens (including phenoxy) is 1. The van der Waals surface area contributed by atoms with E-state index >= 15 is 0 Å². The number of hydrogen-bond donors (Lipinski definition) is 1. The lowest BCUT2D eigenvalue weighted by Gasteiger charge is -2.19. The molecule has 1 rings (SSSR count). The van der Waals surface area contributed by atoms with Crippen LogP contribution < -0.4 is 5.32 Å². The Morgan fingerprint density at radius 1 is 1.43 bits per heavy atom. The maximum atomic E-state index is 12.5. The van der Waals surface area contributed by atoms with E-state index in [2.05, 4.69) is 15.0 Å². The summed E-state index contributed by atoms with van der Waals surface area (Å²) in [6.45, 7) is 3.53. The first-order valence-corrected chi connectivity index (χ1v) is 8.49. The Morgan fingerprint density at radius 2 is 2.10 bits per heavy atom. The molecule has 0 aliphatic carbocycles. The minimum atomic E-state index is -3.98. The van der Waals surface area contributed by atoms with Crippen molar-refractivity contribution in [3.8, 4) is 0 Å². The summed E-state index contributed by atoms with van der Waals surface area (Å²) in [7, 11) is -2.84. The number of thiazole rings is 1. The number of hydrogen-bond acceptors (Lipinski definition) is 7. The Balaban J connectivity index is 3.11. The van der Waals surface area contributed by atoms with E-state index in [-0.39, 0.29) is 23.0 Å². The van der Waals surface area contributed by atoms with Gasteiger partial charge in [0.1, 0.15) is 0 Å². The molecule has 0 bridgehead atoms. The lowest BCUT2D eigenvalue weighted by atomic mass is 10.5. The summed E-state index contributed by atoms with van der Waals surface area (Å²) in [6, 6.07) is 0. The zero-order valence-corrected chi connectivity index (χ0v) is 13.6. The Morgan fingerprint density at radius 3 is 2.62 bits per heavy atom. The van der Waals surface area contributed by atoms with E-state index in [0.717, 1.165) is 22.8 Å². The van der Waals surface area contributed by atoms with Crippen molar-refractivity contribution >= 4 is 33.2 Å². The van der Waals surface area contributed by atoms with Crippen molar-refractivity contribution in [3.63, 3.8) is 0 Å². The van der Waals surface area contributed by atoms with Gasteiger partial charge in [-0.15, -0.1) is 11.3 Å². The Kier molecular flexibility index (Phi) is 6.24. The minimum Gasteiger partial charge on any atom is -0.464 e. The molecule has 1 aromatic heterocycles. The van der Waals surface area contributed by atoms with Crippen LogP contribution in [0.25, 0.3) is 0 Å². The summed E-state index contributed by atoms with van der Waals surface area (Å²) < 4.78 is 30.3. The van der Waals surface area contributed by atoms with E-state index in [1.807, 2.05) is 0 Å². The largest absolute Gasteiger partial charge is 0.464 e. The normalized spacial score (nSPS) is 11.4. The fourth-order valence-corrected chi connectivity index (χ4v) is 4.22. The quantitative estimate of drug-likeness (QED) is 0.707. The van der Waals surface area contributed by atoms with E-state index in [1.165, 1.54) is 5.51 Å². The van der Waals surface area contributed by atoms with Crippen LogP contribution in [-0.4, -0.2) is 56.3 Å². The van der Waals surface area contributed by atoms with Crippen LogP contribution in [0.4, 0.5) is 0 Å². The molecule has 0 aromatic carbocycles. The molecule has 8 nitrogen and oxygen atoms in total. The van der Waals surface area contributed by atoms with Crippen LogP contribution >= 0.6 is 11.3 Å². The Bertz CT molecular complexity index is 611. The highest BCUT2D eigenvalue weighted by molar-refractivity contribution is 7.91. The molecule has 0 unspecified atom stereocenters. The average Bonchev–Trinajstić information content (AvgIpc) is 2.94. The van der Waals surface area contributed by atoms with Crippen LogP contribution in [0.1, 0.15) is 24.3 Å². The molecule has 0 radical (unpaired) electrons. The average molecular weight is 335 g/mol. The fourth-order valence-electron chi connectivity index (χ4n) is 1.55. The zero-order valence-electron chi connectivity index (χ0n) is 12.0. The number of esters is 1. The van der Waals surface area contributed by atoms with E-state index in [4.69, 9.17) is 0 Å². The second kappa shape index (κ2) is 7.48. The first-order valence-electron chi connectivity index (χ1n) is 6.17. The van der Waals surface area contributed by atoms with E-state index < -0.39 is 21.9 Å². The van der Waals surface area contributed by atoms with Crippen LogP contribution in [0.5, 0.6) is 0 Å². The monoisotopic (exact) mass is 335 g/mol. The SMILES string of the molecule is CCNC(=O)CN(CC)S(=O)(=O)c1scnc1C(=O)OC. The third-order valence-corrected chi connectivity index (χ3v) is 5.80. The van der Waals surface area contributed by atoms with Crippen molar-refractivity contribution in [3.05, 3.63) is 11.2 Å². The second-order valence-corrected chi connectivity index (χ2v) is 6.85. The van der Waals surface area contributed by atoms with Gasteiger partial charge >= 0.3 is 5.97 Å². The van der Waals surface area contributed by atoms with Gasteiger partial charge < -0.3 is 10.1 Å². The summed E-state index contributed by atoms with van der Waals surface area (Å²) in [4.78, 5) is 26.8. The molecule has 0 saturated carbocycles. The van der Waals surface area contributed by atoms with Crippen LogP contribution in [0.3, 0.4) is 0 Å². The summed E-state index contributed by atoms with van der Waals surface area (Å²) in [6.07, 6.45) is 0. The predicted molar refractivity (Wildman–Crippen MR) is 76.6 cm³/mol. The lowest BCUT2D eigenvalue weighted by Crippen LogP contribution is -2.40. The number of aromatic nitrogens is 1. The second-order valence-electron chi connectivity index (χ2n) is 3.86. The van der Waals surface area contributed by atoms with Gasteiger partial charge in [0.2, 0.25) is 5.91 Å². The lowest BCUT2D eigenvalue weighted by molar-refractivity contribution is -0.121. The zero-order chi connectivity index (χ0) is 16.0. The number of methoxy groups -OCH3 is 1. The third-order valence-electron chi connectivity index (χ3n) is 2.53. The van der Waals surface area contributed by atoms with Crippen LogP contribution in [-0.2, 0) is 19.6 Å². The van der Waals surface area contributed by atoms with Gasteiger partial charge in [0, 0.05) is 13.1 Å². The molecule has 10 heteroatoms. The molecule has 0 fully saturated rings. The number of rotatable bonds is 7. The van der Waals surface area contributed by atoms with Gasteiger partial charge in [-0.1, -0.05) is 6.92 Å². The van der Waals surface area contributed by atoms with Gasteiger partial charge in [0.15, 0.2) is 9.90 Å². The molecule has 118 valence electrons. The van der Waals surface area contributed by atoms with Crippen molar-refractivity contribution in [2.24, 2.45) is 0 Å². The molecule has 0 aliphatic heterocycles. The number of likely N-dealkylation sites (N-methyl/N-ethyl adjacent to an activating group) is 2. The van der Waals surface area contributed by atoms with Crippen molar-refractivity contribution in [1.29, 1.82) is 0 Å². The molecule has 0 atom stereocenters. The van der Waals surface area contributed by atoms with Crippen molar-refractivity contribution in [2.75, 3.05) is 26.7 Å². The number of carbonyl (C=O) groups excluding carboxylic acids is 2. The smallest absolute Gasteiger partial charge is 0.358 e. The maximum absolute atomic E-state index is 12.5. The standard InChI is InChI=1S/C11H17N3O5S2/c1-4-12-8(15)6-14(5-2)21(17,18)11-9(10(16)19-3)13-7-20-11/h7H,4-6H2,1-3H3,(H,12,15). The number of carbonyl (C=O) groups is 2. The van der Waals surface area contributed by atoms with E-state index in [9.17, 15) is 18.0 Å². The topological polar surface area (TPSA) is 106 Å². The molecule has 1 N–H and O–H groups in total. The summed E-state index contributed by atoms with van der Waals surface area (Å²) >= 11 is 0.811. The third kappa shape index (κ3) is 3.99. The molecule has 1 heterocycles. The van der Waals surface area contributed by atoms with E-state index in [1.54, 1.807) is 13.8 Å². The highest BCUT2D eigenvalue weighted by Gasteiger charge is 2.32. The minimum absolute atomic E-state index is 0.0952. The van der Waals surface area contributed by atoms with E-state index in [0.29, 0.717) is 6.54 Å². The Labute approximate surface area is 127 Å². The molecule has 0 aliphatic rings. The highest BCUT2D eigenvalue weighted by Crippen LogP contribution is 2.24. The van der Waals surface area contributed by atoms with Gasteiger partial charge in [-0.2, -0.15) is 4.31 Å². The van der Waals surface area contributed by atoms with Crippen LogP contribution in [0.2, 0.25) is 0 Å². The summed E-state index contributed by atoms with van der Waals surface area (Å²) in [5, 5.41) is 2.53. The van der Waals surface area contributed by atoms with Crippen molar-refractivity contribution < 1.29 is 22.7 Å². The molecule has 0 spiro atoms. The van der Waals surface area contributed by atoms with Crippen molar-refractivity contribution in [1.82, 2.24) is 14.6 Å². The van der Waals surface area contributed by atoms with Crippen LogP contribution in [0, 0.1) is 0 Å². The fraction of sp³-hybridized carbons (Fsp3) is 0.545. The first-order chi connectivity index (χ1) is 9.88. The molecule has 0 saturated heterocycles. The predicted octanol–water partition coefficient (Wildman–Crippen LogP) is 0.0764. The number of amides is 1. The number of nitrogens with zero attached hydrogens (tertiary/aromatic N) is 2. The molecule has 1 aromatic rings. The van der Waals surface area contributed by atoms with Gasteiger partial charge in [-0.3, -0.25) is 4.79 Å². The number of nitrogens with one attached hydrogen (secondary N) is 1. The summed E-state index contributed by atoms with van der Waals surface area (Å²) in [5.41, 5.74) is 0.982. The van der Waals surface area contributed by atoms with Gasteiger partial charge in [-0.25, -0.2) is 18.2 Å². The van der Waals surface area contributed by atoms with Gasteiger partial charge in [0.05, 0.1) is 19.2 Å². The molecular weight excluding hydrogens is 318 g/mol. The van der Waals surface area contributed by atoms with Gasteiger partial charge in [0.25, 0.3) is 10.0 Å².